The molecule has 1 N–H and O–H groups in total. The zero-order valence-electron chi connectivity index (χ0n) is 15.3. The number of nitrogens with one attached hydrogen (secondary N) is 1. The Bertz CT molecular complexity index is 536. The molecular weight excluding hydrogens is 302 g/mol. The summed E-state index contributed by atoms with van der Waals surface area (Å²) in [6, 6.07) is 5.82. The van der Waals surface area contributed by atoms with E-state index in [-0.39, 0.29) is 5.91 Å². The molecule has 1 amide bonds. The van der Waals surface area contributed by atoms with Gasteiger partial charge in [0.05, 0.1) is 6.61 Å². The third kappa shape index (κ3) is 4.73. The predicted molar refractivity (Wildman–Crippen MR) is 97.7 cm³/mol. The number of hydrogen-bond acceptors (Lipinski definition) is 3. The molecule has 0 heterocycles. The lowest BCUT2D eigenvalue weighted by Crippen LogP contribution is -2.43. The average Bonchev–Trinajstić information content (AvgIpc) is 3.05. The van der Waals surface area contributed by atoms with Gasteiger partial charge in [0.25, 0.3) is 5.91 Å². The normalized spacial score (nSPS) is 16.1. The fraction of sp³-hybridized carbons (Fsp3) is 0.650. The van der Waals surface area contributed by atoms with Crippen molar-refractivity contribution in [1.29, 1.82) is 0 Å². The molecule has 1 saturated carbocycles. The van der Waals surface area contributed by atoms with Crippen molar-refractivity contribution < 1.29 is 14.3 Å². The van der Waals surface area contributed by atoms with Crippen LogP contribution < -0.4 is 10.1 Å². The summed E-state index contributed by atoms with van der Waals surface area (Å²) < 4.78 is 11.7. The SMILES string of the molecule is CCCCOc1ccc(NC(=O)C2(OCCC)CCCC2)cc1C. The Balaban J connectivity index is 2.01. The highest BCUT2D eigenvalue weighted by molar-refractivity contribution is 5.97. The Morgan fingerprint density at radius 1 is 1.17 bits per heavy atom. The van der Waals surface area contributed by atoms with Gasteiger partial charge in [-0.3, -0.25) is 4.79 Å². The summed E-state index contributed by atoms with van der Waals surface area (Å²) in [4.78, 5) is 12.8. The summed E-state index contributed by atoms with van der Waals surface area (Å²) in [7, 11) is 0. The van der Waals surface area contributed by atoms with Crippen LogP contribution in [0.3, 0.4) is 0 Å². The molecule has 2 rings (SSSR count). The number of amides is 1. The topological polar surface area (TPSA) is 47.6 Å². The number of hydrogen-bond donors (Lipinski definition) is 1. The summed E-state index contributed by atoms with van der Waals surface area (Å²) in [5.41, 5.74) is 1.21. The van der Waals surface area contributed by atoms with E-state index in [0.29, 0.717) is 6.61 Å². The van der Waals surface area contributed by atoms with Crippen molar-refractivity contribution in [3.8, 4) is 5.75 Å². The van der Waals surface area contributed by atoms with Gasteiger partial charge in [-0.1, -0.05) is 20.3 Å². The number of benzene rings is 1. The number of carbonyl (C=O) groups excluding carboxylic acids is 1. The third-order valence-corrected chi connectivity index (χ3v) is 4.60. The maximum atomic E-state index is 12.8. The van der Waals surface area contributed by atoms with Gasteiger partial charge >= 0.3 is 0 Å². The first kappa shape index (κ1) is 18.8. The Morgan fingerprint density at radius 3 is 2.54 bits per heavy atom. The summed E-state index contributed by atoms with van der Waals surface area (Å²) >= 11 is 0. The Labute approximate surface area is 145 Å². The summed E-state index contributed by atoms with van der Waals surface area (Å²) in [5.74, 6) is 0.881. The van der Waals surface area contributed by atoms with Crippen molar-refractivity contribution in [2.45, 2.75) is 71.3 Å². The second-order valence-electron chi connectivity index (χ2n) is 6.69. The van der Waals surface area contributed by atoms with Crippen LogP contribution in [0.1, 0.15) is 64.4 Å². The number of carbonyl (C=O) groups is 1. The van der Waals surface area contributed by atoms with Gasteiger partial charge in [-0.25, -0.2) is 0 Å². The third-order valence-electron chi connectivity index (χ3n) is 4.60. The Morgan fingerprint density at radius 2 is 1.92 bits per heavy atom. The minimum absolute atomic E-state index is 0.00694. The lowest BCUT2D eigenvalue weighted by Gasteiger charge is -2.28. The molecule has 1 aromatic rings. The second-order valence-corrected chi connectivity index (χ2v) is 6.69. The summed E-state index contributed by atoms with van der Waals surface area (Å²) in [6.45, 7) is 7.60. The molecular formula is C20H31NO3. The number of anilines is 1. The van der Waals surface area contributed by atoms with Gasteiger partial charge in [0.1, 0.15) is 11.4 Å². The molecule has 0 saturated heterocycles. The minimum Gasteiger partial charge on any atom is -0.493 e. The van der Waals surface area contributed by atoms with Crippen molar-refractivity contribution in [2.24, 2.45) is 0 Å². The maximum Gasteiger partial charge on any atom is 0.256 e. The van der Waals surface area contributed by atoms with Crippen LogP contribution in [-0.4, -0.2) is 24.7 Å². The number of unbranched alkanes of at least 4 members (excludes halogenated alkanes) is 1. The van der Waals surface area contributed by atoms with Crippen LogP contribution in [0.15, 0.2) is 18.2 Å². The highest BCUT2D eigenvalue weighted by atomic mass is 16.5. The van der Waals surface area contributed by atoms with Crippen molar-refractivity contribution in [2.75, 3.05) is 18.5 Å². The molecule has 0 bridgehead atoms. The molecule has 0 aromatic heterocycles. The number of ether oxygens (including phenoxy) is 2. The molecule has 4 heteroatoms. The molecule has 0 spiro atoms. The highest BCUT2D eigenvalue weighted by Gasteiger charge is 2.42. The molecule has 1 aliphatic rings. The number of aryl methyl sites for hydroxylation is 1. The van der Waals surface area contributed by atoms with E-state index in [1.54, 1.807) is 0 Å². The quantitative estimate of drug-likeness (QED) is 0.657. The molecule has 0 atom stereocenters. The Hall–Kier alpha value is -1.55. The standard InChI is InChI=1S/C20H31NO3/c1-4-6-14-23-18-10-9-17(15-16(18)3)21-19(22)20(24-13-5-2)11-7-8-12-20/h9-10,15H,4-8,11-14H2,1-3H3,(H,21,22). The van der Waals surface area contributed by atoms with Crippen LogP contribution in [0.5, 0.6) is 5.75 Å². The fourth-order valence-corrected chi connectivity index (χ4v) is 3.14. The van der Waals surface area contributed by atoms with Gasteiger partial charge in [0, 0.05) is 12.3 Å². The van der Waals surface area contributed by atoms with E-state index in [2.05, 4.69) is 19.2 Å². The predicted octanol–water partition coefficient (Wildman–Crippen LogP) is 4.85. The van der Waals surface area contributed by atoms with Gasteiger partial charge in [-0.05, 0) is 69.2 Å². The van der Waals surface area contributed by atoms with E-state index in [1.807, 2.05) is 25.1 Å². The van der Waals surface area contributed by atoms with Crippen molar-refractivity contribution in [3.05, 3.63) is 23.8 Å². The first-order valence-corrected chi connectivity index (χ1v) is 9.30. The van der Waals surface area contributed by atoms with Gasteiger partial charge in [-0.15, -0.1) is 0 Å². The molecule has 1 fully saturated rings. The van der Waals surface area contributed by atoms with Gasteiger partial charge in [-0.2, -0.15) is 0 Å². The molecule has 0 radical (unpaired) electrons. The molecule has 0 aliphatic heterocycles. The fourth-order valence-electron chi connectivity index (χ4n) is 3.14. The van der Waals surface area contributed by atoms with Crippen LogP contribution >= 0.6 is 0 Å². The van der Waals surface area contributed by atoms with Crippen molar-refractivity contribution in [3.63, 3.8) is 0 Å². The van der Waals surface area contributed by atoms with Crippen LogP contribution in [0.25, 0.3) is 0 Å². The lowest BCUT2D eigenvalue weighted by molar-refractivity contribution is -0.140. The molecule has 1 aromatic carbocycles. The van der Waals surface area contributed by atoms with E-state index in [0.717, 1.165) is 68.6 Å². The van der Waals surface area contributed by atoms with Crippen LogP contribution in [0.4, 0.5) is 5.69 Å². The largest absolute Gasteiger partial charge is 0.493 e. The van der Waals surface area contributed by atoms with E-state index in [1.165, 1.54) is 0 Å². The smallest absolute Gasteiger partial charge is 0.256 e. The van der Waals surface area contributed by atoms with Gasteiger partial charge < -0.3 is 14.8 Å². The zero-order valence-corrected chi connectivity index (χ0v) is 15.3. The lowest BCUT2D eigenvalue weighted by atomic mass is 10.0. The molecule has 134 valence electrons. The van der Waals surface area contributed by atoms with Crippen LogP contribution in [0.2, 0.25) is 0 Å². The van der Waals surface area contributed by atoms with Crippen LogP contribution in [-0.2, 0) is 9.53 Å². The molecule has 4 nitrogen and oxygen atoms in total. The first-order chi connectivity index (χ1) is 11.6. The molecule has 0 unspecified atom stereocenters. The zero-order chi connectivity index (χ0) is 17.4. The van der Waals surface area contributed by atoms with E-state index < -0.39 is 5.60 Å². The minimum atomic E-state index is -0.639. The van der Waals surface area contributed by atoms with Gasteiger partial charge in [0.2, 0.25) is 0 Å². The number of rotatable bonds is 9. The average molecular weight is 333 g/mol. The van der Waals surface area contributed by atoms with E-state index in [9.17, 15) is 4.79 Å². The molecule has 24 heavy (non-hydrogen) atoms. The monoisotopic (exact) mass is 333 g/mol. The Kier molecular flexibility index (Phi) is 7.10. The van der Waals surface area contributed by atoms with Crippen molar-refractivity contribution in [1.82, 2.24) is 0 Å². The van der Waals surface area contributed by atoms with E-state index >= 15 is 0 Å². The van der Waals surface area contributed by atoms with Gasteiger partial charge in [0.15, 0.2) is 0 Å². The maximum absolute atomic E-state index is 12.8. The molecule has 1 aliphatic carbocycles. The van der Waals surface area contributed by atoms with Crippen LogP contribution in [0, 0.1) is 6.92 Å². The summed E-state index contributed by atoms with van der Waals surface area (Å²) in [6.07, 6.45) is 6.84. The summed E-state index contributed by atoms with van der Waals surface area (Å²) in [5, 5.41) is 3.05. The van der Waals surface area contributed by atoms with Crippen molar-refractivity contribution >= 4 is 11.6 Å². The first-order valence-electron chi connectivity index (χ1n) is 9.30. The second kappa shape index (κ2) is 9.07. The highest BCUT2D eigenvalue weighted by Crippen LogP contribution is 2.35. The van der Waals surface area contributed by atoms with E-state index in [4.69, 9.17) is 9.47 Å².